The molecule has 5 heteroatoms. The molecule has 0 aliphatic carbocycles. The summed E-state index contributed by atoms with van der Waals surface area (Å²) in [4.78, 5) is 13.4. The largest absolute Gasteiger partial charge is 0.351 e. The zero-order valence-electron chi connectivity index (χ0n) is 11.5. The van der Waals surface area contributed by atoms with Crippen LogP contribution < -0.4 is 4.90 Å². The van der Waals surface area contributed by atoms with E-state index in [1.54, 1.807) is 0 Å². The van der Waals surface area contributed by atoms with E-state index in [4.69, 9.17) is 11.6 Å². The molecule has 1 aliphatic heterocycles. The molecular formula is C13H21ClN4. The zero-order valence-corrected chi connectivity index (χ0v) is 12.3. The Morgan fingerprint density at radius 2 is 2.06 bits per heavy atom. The van der Waals surface area contributed by atoms with Crippen molar-refractivity contribution in [2.45, 2.75) is 26.8 Å². The molecule has 0 bridgehead atoms. The van der Waals surface area contributed by atoms with Crippen LogP contribution in [0.1, 0.15) is 19.7 Å². The van der Waals surface area contributed by atoms with Crippen LogP contribution in [0.25, 0.3) is 0 Å². The van der Waals surface area contributed by atoms with Crippen LogP contribution in [-0.2, 0) is 0 Å². The van der Waals surface area contributed by atoms with Crippen LogP contribution in [0, 0.1) is 12.8 Å². The van der Waals surface area contributed by atoms with Gasteiger partial charge in [0, 0.05) is 31.7 Å². The van der Waals surface area contributed by atoms with E-state index in [-0.39, 0.29) is 0 Å². The number of aromatic nitrogens is 2. The average Bonchev–Trinajstić information content (AvgIpc) is 2.27. The molecule has 1 aromatic rings. The van der Waals surface area contributed by atoms with Gasteiger partial charge in [-0.15, -0.1) is 0 Å². The fourth-order valence-electron chi connectivity index (χ4n) is 2.47. The van der Waals surface area contributed by atoms with Gasteiger partial charge < -0.3 is 9.80 Å². The van der Waals surface area contributed by atoms with Gasteiger partial charge >= 0.3 is 0 Å². The van der Waals surface area contributed by atoms with Crippen molar-refractivity contribution in [2.24, 2.45) is 5.92 Å². The van der Waals surface area contributed by atoms with Crippen molar-refractivity contribution in [1.29, 1.82) is 0 Å². The SMILES string of the molecule is Cc1nc(Cl)cc(N2CCN(C)CC2C(C)C)n1. The first kappa shape index (κ1) is 13.6. The molecule has 0 radical (unpaired) electrons. The molecule has 1 fully saturated rings. The fourth-order valence-corrected chi connectivity index (χ4v) is 2.69. The van der Waals surface area contributed by atoms with Crippen LogP contribution in [0.2, 0.25) is 5.15 Å². The molecule has 0 aromatic carbocycles. The van der Waals surface area contributed by atoms with Gasteiger partial charge in [-0.3, -0.25) is 0 Å². The van der Waals surface area contributed by atoms with Crippen molar-refractivity contribution in [3.63, 3.8) is 0 Å². The number of halogens is 1. The number of nitrogens with zero attached hydrogens (tertiary/aromatic N) is 4. The Balaban J connectivity index is 2.29. The van der Waals surface area contributed by atoms with Crippen molar-refractivity contribution in [3.8, 4) is 0 Å². The van der Waals surface area contributed by atoms with Crippen LogP contribution in [0.15, 0.2) is 6.07 Å². The van der Waals surface area contributed by atoms with E-state index < -0.39 is 0 Å². The smallest absolute Gasteiger partial charge is 0.134 e. The maximum absolute atomic E-state index is 6.04. The monoisotopic (exact) mass is 268 g/mol. The van der Waals surface area contributed by atoms with E-state index in [9.17, 15) is 0 Å². The lowest BCUT2D eigenvalue weighted by atomic mass is 10.00. The van der Waals surface area contributed by atoms with Gasteiger partial charge in [-0.1, -0.05) is 25.4 Å². The lowest BCUT2D eigenvalue weighted by Crippen LogP contribution is -2.54. The molecule has 18 heavy (non-hydrogen) atoms. The molecule has 2 rings (SSSR count). The van der Waals surface area contributed by atoms with Gasteiger partial charge in [0.15, 0.2) is 0 Å². The molecule has 1 atom stereocenters. The Kier molecular flexibility index (Phi) is 4.07. The minimum absolute atomic E-state index is 0.481. The summed E-state index contributed by atoms with van der Waals surface area (Å²) in [5, 5.41) is 0.527. The highest BCUT2D eigenvalue weighted by Gasteiger charge is 2.28. The first-order valence-corrected chi connectivity index (χ1v) is 6.81. The van der Waals surface area contributed by atoms with E-state index in [2.05, 4.69) is 40.7 Å². The maximum Gasteiger partial charge on any atom is 0.134 e. The van der Waals surface area contributed by atoms with E-state index in [0.29, 0.717) is 17.1 Å². The summed E-state index contributed by atoms with van der Waals surface area (Å²) >= 11 is 6.04. The van der Waals surface area contributed by atoms with Crippen molar-refractivity contribution in [2.75, 3.05) is 31.6 Å². The second-order valence-corrected chi connectivity index (χ2v) is 5.75. The summed E-state index contributed by atoms with van der Waals surface area (Å²) in [5.41, 5.74) is 0. The second kappa shape index (κ2) is 5.41. The highest BCUT2D eigenvalue weighted by molar-refractivity contribution is 6.29. The third-order valence-electron chi connectivity index (χ3n) is 3.48. The van der Waals surface area contributed by atoms with Crippen molar-refractivity contribution in [3.05, 3.63) is 17.0 Å². The Bertz CT molecular complexity index is 401. The normalized spacial score (nSPS) is 21.7. The van der Waals surface area contributed by atoms with Crippen LogP contribution >= 0.6 is 11.6 Å². The third kappa shape index (κ3) is 2.93. The quantitative estimate of drug-likeness (QED) is 0.770. The topological polar surface area (TPSA) is 32.3 Å². The molecule has 100 valence electrons. The van der Waals surface area contributed by atoms with Gasteiger partial charge in [0.25, 0.3) is 0 Å². The number of anilines is 1. The summed E-state index contributed by atoms with van der Waals surface area (Å²) in [6, 6.07) is 2.35. The van der Waals surface area contributed by atoms with Gasteiger partial charge in [0.05, 0.1) is 0 Å². The predicted molar refractivity (Wildman–Crippen MR) is 75.2 cm³/mol. The second-order valence-electron chi connectivity index (χ2n) is 5.36. The maximum atomic E-state index is 6.04. The number of hydrogen-bond acceptors (Lipinski definition) is 4. The first-order chi connectivity index (χ1) is 8.47. The summed E-state index contributed by atoms with van der Waals surface area (Å²) in [6.07, 6.45) is 0. The molecule has 0 spiro atoms. The highest BCUT2D eigenvalue weighted by atomic mass is 35.5. The number of likely N-dealkylation sites (N-methyl/N-ethyl adjacent to an activating group) is 1. The predicted octanol–water partition coefficient (Wildman–Crippen LogP) is 2.21. The number of aryl methyl sites for hydroxylation is 1. The van der Waals surface area contributed by atoms with Crippen LogP contribution in [0.3, 0.4) is 0 Å². The number of piperazine rings is 1. The van der Waals surface area contributed by atoms with Gasteiger partial charge in [0.1, 0.15) is 16.8 Å². The third-order valence-corrected chi connectivity index (χ3v) is 3.67. The van der Waals surface area contributed by atoms with Gasteiger partial charge in [-0.25, -0.2) is 9.97 Å². The molecule has 1 saturated heterocycles. The zero-order chi connectivity index (χ0) is 13.3. The van der Waals surface area contributed by atoms with Crippen LogP contribution in [0.4, 0.5) is 5.82 Å². The number of rotatable bonds is 2. The molecule has 1 aliphatic rings. The van der Waals surface area contributed by atoms with Crippen LogP contribution in [0.5, 0.6) is 0 Å². The Labute approximate surface area is 114 Å². The molecule has 4 nitrogen and oxygen atoms in total. The lowest BCUT2D eigenvalue weighted by Gasteiger charge is -2.43. The molecular weight excluding hydrogens is 248 g/mol. The molecule has 0 N–H and O–H groups in total. The highest BCUT2D eigenvalue weighted by Crippen LogP contribution is 2.24. The average molecular weight is 269 g/mol. The summed E-state index contributed by atoms with van der Waals surface area (Å²) in [5.74, 6) is 2.28. The molecule has 2 heterocycles. The van der Waals surface area contributed by atoms with Crippen molar-refractivity contribution < 1.29 is 0 Å². The Morgan fingerprint density at radius 1 is 1.33 bits per heavy atom. The van der Waals surface area contributed by atoms with Gasteiger partial charge in [0.2, 0.25) is 0 Å². The molecule has 0 saturated carbocycles. The lowest BCUT2D eigenvalue weighted by molar-refractivity contribution is 0.236. The van der Waals surface area contributed by atoms with Crippen molar-refractivity contribution >= 4 is 17.4 Å². The fraction of sp³-hybridized carbons (Fsp3) is 0.692. The van der Waals surface area contributed by atoms with E-state index in [0.717, 1.165) is 31.3 Å². The van der Waals surface area contributed by atoms with E-state index >= 15 is 0 Å². The minimum atomic E-state index is 0.481. The summed E-state index contributed by atoms with van der Waals surface area (Å²) in [6.45, 7) is 9.52. The van der Waals surface area contributed by atoms with Gasteiger partial charge in [-0.05, 0) is 19.9 Å². The number of hydrogen-bond donors (Lipinski definition) is 0. The summed E-state index contributed by atoms with van der Waals surface area (Å²) in [7, 11) is 2.17. The Hall–Kier alpha value is -0.870. The van der Waals surface area contributed by atoms with E-state index in [1.165, 1.54) is 0 Å². The Morgan fingerprint density at radius 3 is 2.67 bits per heavy atom. The van der Waals surface area contributed by atoms with E-state index in [1.807, 2.05) is 13.0 Å². The standard InChI is InChI=1S/C13H21ClN4/c1-9(2)11-8-17(4)5-6-18(11)13-7-12(14)15-10(3)16-13/h7,9,11H,5-6,8H2,1-4H3. The molecule has 1 aromatic heterocycles. The van der Waals surface area contributed by atoms with Crippen LogP contribution in [-0.4, -0.2) is 47.6 Å². The summed E-state index contributed by atoms with van der Waals surface area (Å²) < 4.78 is 0. The van der Waals surface area contributed by atoms with Gasteiger partial charge in [-0.2, -0.15) is 0 Å². The molecule has 1 unspecified atom stereocenters. The first-order valence-electron chi connectivity index (χ1n) is 6.43. The minimum Gasteiger partial charge on any atom is -0.351 e. The van der Waals surface area contributed by atoms with Crippen molar-refractivity contribution in [1.82, 2.24) is 14.9 Å². The molecule has 0 amide bonds.